The number of hydrogen-bond donors (Lipinski definition) is 2. The SMILES string of the molecule is C[C@@H](OC(=O)CCCNC(=O)OC(C)(C)C)C(=O)Nc1ccccc1[N+](=O)[O-]. The van der Waals surface area contributed by atoms with E-state index in [1.165, 1.54) is 31.2 Å². The van der Waals surface area contributed by atoms with E-state index >= 15 is 0 Å². The first-order valence-electron chi connectivity index (χ1n) is 8.70. The highest BCUT2D eigenvalue weighted by Crippen LogP contribution is 2.23. The minimum absolute atomic E-state index is 0.0150. The molecule has 0 unspecified atom stereocenters. The second kappa shape index (κ2) is 10.2. The third-order valence-electron chi connectivity index (χ3n) is 3.26. The van der Waals surface area contributed by atoms with Gasteiger partial charge in [0.1, 0.15) is 11.3 Å². The predicted molar refractivity (Wildman–Crippen MR) is 101 cm³/mol. The second-order valence-electron chi connectivity index (χ2n) is 6.93. The summed E-state index contributed by atoms with van der Waals surface area (Å²) in [5.74, 6) is -1.31. The average molecular weight is 395 g/mol. The van der Waals surface area contributed by atoms with Crippen molar-refractivity contribution in [3.63, 3.8) is 0 Å². The predicted octanol–water partition coefficient (Wildman–Crippen LogP) is 2.77. The van der Waals surface area contributed by atoms with Gasteiger partial charge < -0.3 is 20.1 Å². The maximum Gasteiger partial charge on any atom is 0.407 e. The van der Waals surface area contributed by atoms with Crippen molar-refractivity contribution < 1.29 is 28.8 Å². The Bertz CT molecular complexity index is 728. The van der Waals surface area contributed by atoms with E-state index in [0.717, 1.165) is 0 Å². The van der Waals surface area contributed by atoms with Crippen LogP contribution in [0.1, 0.15) is 40.5 Å². The number of carbonyl (C=O) groups is 3. The largest absolute Gasteiger partial charge is 0.453 e. The molecule has 0 saturated heterocycles. The minimum atomic E-state index is -1.13. The van der Waals surface area contributed by atoms with E-state index in [1.807, 2.05) is 0 Å². The lowest BCUT2D eigenvalue weighted by atomic mass is 10.2. The van der Waals surface area contributed by atoms with Crippen LogP contribution in [-0.4, -0.2) is 41.1 Å². The Hall–Kier alpha value is -3.17. The Morgan fingerprint density at radius 3 is 2.46 bits per heavy atom. The van der Waals surface area contributed by atoms with Crippen LogP contribution in [0.2, 0.25) is 0 Å². The molecule has 2 amide bonds. The highest BCUT2D eigenvalue weighted by molar-refractivity contribution is 5.96. The molecular weight excluding hydrogens is 370 g/mol. The van der Waals surface area contributed by atoms with Gasteiger partial charge in [-0.25, -0.2) is 4.79 Å². The lowest BCUT2D eigenvalue weighted by molar-refractivity contribution is -0.383. The number of anilines is 1. The molecule has 10 heteroatoms. The van der Waals surface area contributed by atoms with Crippen LogP contribution in [0.5, 0.6) is 0 Å². The molecule has 1 aromatic rings. The Morgan fingerprint density at radius 1 is 1.21 bits per heavy atom. The normalized spacial score (nSPS) is 11.9. The minimum Gasteiger partial charge on any atom is -0.453 e. The molecule has 0 heterocycles. The van der Waals surface area contributed by atoms with Gasteiger partial charge in [-0.05, 0) is 40.2 Å². The van der Waals surface area contributed by atoms with E-state index in [0.29, 0.717) is 6.42 Å². The van der Waals surface area contributed by atoms with Gasteiger partial charge in [0.25, 0.3) is 11.6 Å². The molecule has 28 heavy (non-hydrogen) atoms. The highest BCUT2D eigenvalue weighted by Gasteiger charge is 2.21. The number of ether oxygens (including phenoxy) is 2. The lowest BCUT2D eigenvalue weighted by Gasteiger charge is -2.19. The molecule has 2 N–H and O–H groups in total. The summed E-state index contributed by atoms with van der Waals surface area (Å²) in [6.07, 6.45) is -1.43. The van der Waals surface area contributed by atoms with Gasteiger partial charge >= 0.3 is 12.1 Å². The number of para-hydroxylation sites is 2. The van der Waals surface area contributed by atoms with Crippen LogP contribution >= 0.6 is 0 Å². The van der Waals surface area contributed by atoms with Crippen LogP contribution in [0.3, 0.4) is 0 Å². The molecule has 0 saturated carbocycles. The number of nitro benzene ring substituents is 1. The van der Waals surface area contributed by atoms with Gasteiger partial charge in [0.2, 0.25) is 0 Å². The standard InChI is InChI=1S/C18H25N3O7/c1-12(16(23)20-13-8-5-6-9-14(13)21(25)26)27-15(22)10-7-11-19-17(24)28-18(2,3)4/h5-6,8-9,12H,7,10-11H2,1-4H3,(H,19,24)(H,20,23)/t12-/m1/s1. The van der Waals surface area contributed by atoms with E-state index in [4.69, 9.17) is 9.47 Å². The summed E-state index contributed by atoms with van der Waals surface area (Å²) < 4.78 is 10.1. The molecule has 0 bridgehead atoms. The zero-order valence-corrected chi connectivity index (χ0v) is 16.3. The van der Waals surface area contributed by atoms with Crippen LogP contribution in [-0.2, 0) is 19.1 Å². The fraction of sp³-hybridized carbons (Fsp3) is 0.500. The quantitative estimate of drug-likeness (QED) is 0.299. The number of alkyl carbamates (subject to hydrolysis) is 1. The van der Waals surface area contributed by atoms with E-state index in [-0.39, 0.29) is 24.3 Å². The zero-order valence-electron chi connectivity index (χ0n) is 16.3. The van der Waals surface area contributed by atoms with E-state index in [1.54, 1.807) is 20.8 Å². The zero-order chi connectivity index (χ0) is 21.3. The van der Waals surface area contributed by atoms with Crippen molar-refractivity contribution in [2.24, 2.45) is 0 Å². The number of nitrogens with zero attached hydrogens (tertiary/aromatic N) is 1. The molecule has 1 rings (SSSR count). The van der Waals surface area contributed by atoms with Crippen molar-refractivity contribution in [3.05, 3.63) is 34.4 Å². The van der Waals surface area contributed by atoms with Crippen LogP contribution in [0, 0.1) is 10.1 Å². The fourth-order valence-corrected chi connectivity index (χ4v) is 2.02. The van der Waals surface area contributed by atoms with Gasteiger partial charge in [-0.3, -0.25) is 19.7 Å². The summed E-state index contributed by atoms with van der Waals surface area (Å²) in [7, 11) is 0. The van der Waals surface area contributed by atoms with Crippen molar-refractivity contribution >= 4 is 29.3 Å². The van der Waals surface area contributed by atoms with Gasteiger partial charge in [0.05, 0.1) is 4.92 Å². The maximum atomic E-state index is 12.1. The van der Waals surface area contributed by atoms with Crippen molar-refractivity contribution in [1.29, 1.82) is 0 Å². The van der Waals surface area contributed by atoms with E-state index < -0.39 is 34.6 Å². The van der Waals surface area contributed by atoms with Gasteiger partial charge in [-0.2, -0.15) is 0 Å². The molecule has 1 atom stereocenters. The Balaban J connectivity index is 2.39. The molecule has 0 aliphatic carbocycles. The van der Waals surface area contributed by atoms with Crippen LogP contribution in [0.15, 0.2) is 24.3 Å². The van der Waals surface area contributed by atoms with Gasteiger partial charge in [-0.15, -0.1) is 0 Å². The average Bonchev–Trinajstić information content (AvgIpc) is 2.57. The molecular formula is C18H25N3O7. The Morgan fingerprint density at radius 2 is 1.86 bits per heavy atom. The van der Waals surface area contributed by atoms with E-state index in [2.05, 4.69) is 10.6 Å². The first kappa shape index (κ1) is 22.9. The molecule has 0 aromatic heterocycles. The van der Waals surface area contributed by atoms with Gasteiger partial charge in [-0.1, -0.05) is 12.1 Å². The van der Waals surface area contributed by atoms with E-state index in [9.17, 15) is 24.5 Å². The number of hydrogen-bond acceptors (Lipinski definition) is 7. The summed E-state index contributed by atoms with van der Waals surface area (Å²) in [6, 6.07) is 5.65. The maximum absolute atomic E-state index is 12.1. The number of amides is 2. The first-order chi connectivity index (χ1) is 13.0. The summed E-state index contributed by atoms with van der Waals surface area (Å²) in [4.78, 5) is 45.7. The molecule has 0 aliphatic heterocycles. The summed E-state index contributed by atoms with van der Waals surface area (Å²) >= 11 is 0. The monoisotopic (exact) mass is 395 g/mol. The molecule has 0 radical (unpaired) electrons. The summed E-state index contributed by atoms with van der Waals surface area (Å²) in [6.45, 7) is 6.78. The Labute approximate surface area is 162 Å². The lowest BCUT2D eigenvalue weighted by Crippen LogP contribution is -2.33. The highest BCUT2D eigenvalue weighted by atomic mass is 16.6. The first-order valence-corrected chi connectivity index (χ1v) is 8.70. The Kier molecular flexibility index (Phi) is 8.36. The van der Waals surface area contributed by atoms with Crippen LogP contribution in [0.4, 0.5) is 16.2 Å². The van der Waals surface area contributed by atoms with Crippen molar-refractivity contribution in [1.82, 2.24) is 5.32 Å². The topological polar surface area (TPSA) is 137 Å². The van der Waals surface area contributed by atoms with Gasteiger partial charge in [0, 0.05) is 19.0 Å². The second-order valence-corrected chi connectivity index (χ2v) is 6.93. The van der Waals surface area contributed by atoms with Crippen LogP contribution < -0.4 is 10.6 Å². The van der Waals surface area contributed by atoms with Gasteiger partial charge in [0.15, 0.2) is 6.10 Å². The number of benzene rings is 1. The number of carbonyl (C=O) groups excluding carboxylic acids is 3. The van der Waals surface area contributed by atoms with Crippen molar-refractivity contribution in [3.8, 4) is 0 Å². The number of esters is 1. The third-order valence-corrected chi connectivity index (χ3v) is 3.26. The smallest absolute Gasteiger partial charge is 0.407 e. The fourth-order valence-electron chi connectivity index (χ4n) is 2.02. The summed E-state index contributed by atoms with van der Waals surface area (Å²) in [5.41, 5.74) is -0.857. The van der Waals surface area contributed by atoms with Crippen molar-refractivity contribution in [2.45, 2.75) is 52.2 Å². The molecule has 0 fully saturated rings. The number of rotatable bonds is 8. The summed E-state index contributed by atoms with van der Waals surface area (Å²) in [5, 5.41) is 15.8. The molecule has 0 spiro atoms. The molecule has 1 aromatic carbocycles. The molecule has 10 nitrogen and oxygen atoms in total. The van der Waals surface area contributed by atoms with Crippen molar-refractivity contribution in [2.75, 3.05) is 11.9 Å². The molecule has 154 valence electrons. The third kappa shape index (κ3) is 8.47. The number of nitrogens with one attached hydrogen (secondary N) is 2. The number of nitro groups is 1. The molecule has 0 aliphatic rings. The van der Waals surface area contributed by atoms with Crippen LogP contribution in [0.25, 0.3) is 0 Å².